The lowest BCUT2D eigenvalue weighted by Gasteiger charge is -2.26. The lowest BCUT2D eigenvalue weighted by molar-refractivity contribution is -0.147. The number of halogens is 1. The molecule has 2 aromatic carbocycles. The molecule has 0 radical (unpaired) electrons. The van der Waals surface area contributed by atoms with Gasteiger partial charge >= 0.3 is 5.97 Å². The van der Waals surface area contributed by atoms with E-state index in [1.807, 2.05) is 0 Å². The van der Waals surface area contributed by atoms with E-state index in [-0.39, 0.29) is 24.3 Å². The predicted octanol–water partition coefficient (Wildman–Crippen LogP) is 4.08. The first-order valence-corrected chi connectivity index (χ1v) is 12.8. The number of anilines is 1. The second-order valence-electron chi connectivity index (χ2n) is 9.57. The molecule has 0 bridgehead atoms. The fraction of sp³-hybridized carbons (Fsp3) is 0.393. The number of carboxylic acid groups (broad SMARTS) is 1. The third kappa shape index (κ3) is 5.89. The smallest absolute Gasteiger partial charge is 0.319 e. The Labute approximate surface area is 224 Å². The maximum Gasteiger partial charge on any atom is 0.319 e. The Bertz CT molecular complexity index is 1370. The lowest BCUT2D eigenvalue weighted by Crippen LogP contribution is -2.37. The fourth-order valence-corrected chi connectivity index (χ4v) is 4.48. The summed E-state index contributed by atoms with van der Waals surface area (Å²) >= 11 is 0. The van der Waals surface area contributed by atoms with Gasteiger partial charge < -0.3 is 29.4 Å². The van der Waals surface area contributed by atoms with Gasteiger partial charge in [0.2, 0.25) is 5.91 Å². The topological polar surface area (TPSA) is 119 Å². The largest absolute Gasteiger partial charge is 0.493 e. The van der Waals surface area contributed by atoms with E-state index in [1.165, 1.54) is 12.1 Å². The SMILES string of the molecule is COc1cc2c(Oc3ccc(NC(=O)C4(C(=O)O)CC4)cc3F)ccnc2cc1OCCCN1CCOCC1. The molecule has 1 aromatic heterocycles. The van der Waals surface area contributed by atoms with Crippen LogP contribution in [0.1, 0.15) is 19.3 Å². The van der Waals surface area contributed by atoms with E-state index in [2.05, 4.69) is 15.2 Å². The minimum atomic E-state index is -1.42. The highest BCUT2D eigenvalue weighted by Gasteiger charge is 2.57. The number of aromatic nitrogens is 1. The molecule has 0 spiro atoms. The molecular weight excluding hydrogens is 509 g/mol. The van der Waals surface area contributed by atoms with Crippen LogP contribution < -0.4 is 19.5 Å². The molecule has 0 unspecified atom stereocenters. The van der Waals surface area contributed by atoms with E-state index in [0.29, 0.717) is 34.8 Å². The van der Waals surface area contributed by atoms with E-state index in [9.17, 15) is 19.1 Å². The number of morpholine rings is 1. The Morgan fingerprint density at radius 1 is 1.10 bits per heavy atom. The highest BCUT2D eigenvalue weighted by molar-refractivity contribution is 6.10. The number of carbonyl (C=O) groups excluding carboxylic acids is 1. The summed E-state index contributed by atoms with van der Waals surface area (Å²) < 4.78 is 37.7. The van der Waals surface area contributed by atoms with Gasteiger partial charge in [0.05, 0.1) is 32.4 Å². The first-order valence-electron chi connectivity index (χ1n) is 12.8. The van der Waals surface area contributed by atoms with Crippen LogP contribution in [0, 0.1) is 11.2 Å². The van der Waals surface area contributed by atoms with Crippen molar-refractivity contribution in [1.29, 1.82) is 0 Å². The molecule has 39 heavy (non-hydrogen) atoms. The van der Waals surface area contributed by atoms with Crippen LogP contribution in [0.3, 0.4) is 0 Å². The normalized spacial score (nSPS) is 16.5. The van der Waals surface area contributed by atoms with Gasteiger partial charge in [0.15, 0.2) is 23.1 Å². The number of amides is 1. The zero-order valence-electron chi connectivity index (χ0n) is 21.6. The van der Waals surface area contributed by atoms with Crippen molar-refractivity contribution in [2.75, 3.05) is 51.9 Å². The highest BCUT2D eigenvalue weighted by atomic mass is 19.1. The maximum absolute atomic E-state index is 14.9. The number of carboxylic acids is 1. The summed E-state index contributed by atoms with van der Waals surface area (Å²) in [5.41, 5.74) is -0.690. The summed E-state index contributed by atoms with van der Waals surface area (Å²) in [6.07, 6.45) is 2.93. The molecule has 2 aliphatic rings. The third-order valence-electron chi connectivity index (χ3n) is 6.97. The Balaban J connectivity index is 1.27. The van der Waals surface area contributed by atoms with Crippen LogP contribution in [0.15, 0.2) is 42.6 Å². The number of fused-ring (bicyclic) bond motifs is 1. The van der Waals surface area contributed by atoms with E-state index in [1.54, 1.807) is 31.5 Å². The molecule has 2 heterocycles. The number of hydrogen-bond donors (Lipinski definition) is 2. The van der Waals surface area contributed by atoms with Crippen LogP contribution in [0.5, 0.6) is 23.0 Å². The van der Waals surface area contributed by atoms with Gasteiger partial charge in [-0.15, -0.1) is 0 Å². The fourth-order valence-electron chi connectivity index (χ4n) is 4.48. The summed E-state index contributed by atoms with van der Waals surface area (Å²) in [5.74, 6) is -1.21. The van der Waals surface area contributed by atoms with Crippen molar-refractivity contribution >= 4 is 28.5 Å². The van der Waals surface area contributed by atoms with Crippen LogP contribution in [0.25, 0.3) is 10.9 Å². The molecule has 5 rings (SSSR count). The molecule has 1 aliphatic carbocycles. The monoisotopic (exact) mass is 539 g/mol. The van der Waals surface area contributed by atoms with E-state index in [0.717, 1.165) is 45.3 Å². The number of carbonyl (C=O) groups is 2. The summed E-state index contributed by atoms with van der Waals surface area (Å²) in [7, 11) is 1.54. The number of benzene rings is 2. The summed E-state index contributed by atoms with van der Waals surface area (Å²) in [4.78, 5) is 30.4. The Morgan fingerprint density at radius 2 is 1.90 bits per heavy atom. The molecule has 1 saturated heterocycles. The van der Waals surface area contributed by atoms with Gasteiger partial charge in [-0.05, 0) is 43.5 Å². The standard InChI is InChI=1S/C28H30FN3O7/c1-36-24-16-19-21(17-25(24)38-12-2-9-32-10-13-37-14-11-32)30-8-5-22(19)39-23-4-3-18(15-20(23)29)31-26(33)28(6-7-28)27(34)35/h3-5,8,15-17H,2,6-7,9-14H2,1H3,(H,31,33)(H,34,35). The molecule has 11 heteroatoms. The number of ether oxygens (including phenoxy) is 4. The first-order chi connectivity index (χ1) is 18.9. The van der Waals surface area contributed by atoms with Crippen molar-refractivity contribution in [3.05, 3.63) is 48.4 Å². The summed E-state index contributed by atoms with van der Waals surface area (Å²) in [6.45, 7) is 4.80. The number of nitrogens with one attached hydrogen (secondary N) is 1. The van der Waals surface area contributed by atoms with Crippen molar-refractivity contribution in [1.82, 2.24) is 9.88 Å². The van der Waals surface area contributed by atoms with E-state index >= 15 is 0 Å². The van der Waals surface area contributed by atoms with Crippen LogP contribution >= 0.6 is 0 Å². The Morgan fingerprint density at radius 3 is 2.59 bits per heavy atom. The number of pyridine rings is 1. The van der Waals surface area contributed by atoms with Crippen LogP contribution in [0.4, 0.5) is 10.1 Å². The van der Waals surface area contributed by atoms with Gasteiger partial charge in [-0.25, -0.2) is 4.39 Å². The number of aliphatic carboxylic acids is 1. The number of nitrogens with zero attached hydrogens (tertiary/aromatic N) is 2. The van der Waals surface area contributed by atoms with Crippen molar-refractivity contribution in [3.8, 4) is 23.0 Å². The number of methoxy groups -OCH3 is 1. The molecule has 2 N–H and O–H groups in total. The quantitative estimate of drug-likeness (QED) is 0.274. The summed E-state index contributed by atoms with van der Waals surface area (Å²) in [5, 5.41) is 12.4. The average molecular weight is 540 g/mol. The number of rotatable bonds is 11. The minimum Gasteiger partial charge on any atom is -0.493 e. The highest BCUT2D eigenvalue weighted by Crippen LogP contribution is 2.47. The second-order valence-corrected chi connectivity index (χ2v) is 9.57. The molecule has 1 saturated carbocycles. The van der Waals surface area contributed by atoms with Gasteiger partial charge in [-0.2, -0.15) is 0 Å². The van der Waals surface area contributed by atoms with E-state index in [4.69, 9.17) is 18.9 Å². The molecule has 1 aliphatic heterocycles. The van der Waals surface area contributed by atoms with Crippen molar-refractivity contribution < 1.29 is 38.0 Å². The average Bonchev–Trinajstić information content (AvgIpc) is 3.75. The number of hydrogen-bond acceptors (Lipinski definition) is 8. The molecule has 0 atom stereocenters. The van der Waals surface area contributed by atoms with Crippen molar-refractivity contribution in [2.45, 2.75) is 19.3 Å². The summed E-state index contributed by atoms with van der Waals surface area (Å²) in [6, 6.07) is 9.05. The van der Waals surface area contributed by atoms with Gasteiger partial charge in [0.1, 0.15) is 11.2 Å². The van der Waals surface area contributed by atoms with Gasteiger partial charge in [-0.3, -0.25) is 19.5 Å². The van der Waals surface area contributed by atoms with Crippen LogP contribution in [0.2, 0.25) is 0 Å². The zero-order chi connectivity index (χ0) is 27.4. The predicted molar refractivity (Wildman–Crippen MR) is 140 cm³/mol. The lowest BCUT2D eigenvalue weighted by atomic mass is 10.1. The first kappa shape index (κ1) is 26.6. The van der Waals surface area contributed by atoms with Gasteiger partial charge in [0.25, 0.3) is 0 Å². The molecule has 3 aromatic rings. The van der Waals surface area contributed by atoms with Gasteiger partial charge in [0, 0.05) is 49.0 Å². The Hall–Kier alpha value is -3.96. The Kier molecular flexibility index (Phi) is 7.80. The second kappa shape index (κ2) is 11.4. The molecule has 206 valence electrons. The van der Waals surface area contributed by atoms with E-state index < -0.39 is 23.1 Å². The van der Waals surface area contributed by atoms with Crippen molar-refractivity contribution in [3.63, 3.8) is 0 Å². The minimum absolute atomic E-state index is 0.0673. The van der Waals surface area contributed by atoms with Crippen LogP contribution in [-0.2, 0) is 14.3 Å². The van der Waals surface area contributed by atoms with Crippen molar-refractivity contribution in [2.24, 2.45) is 5.41 Å². The zero-order valence-corrected chi connectivity index (χ0v) is 21.6. The molecule has 1 amide bonds. The third-order valence-corrected chi connectivity index (χ3v) is 6.97. The molecule has 2 fully saturated rings. The van der Waals surface area contributed by atoms with Crippen LogP contribution in [-0.4, -0.2) is 73.4 Å². The van der Waals surface area contributed by atoms with Gasteiger partial charge in [-0.1, -0.05) is 0 Å². The maximum atomic E-state index is 14.9. The molecular formula is C28H30FN3O7. The molecule has 10 nitrogen and oxygen atoms in total.